The summed E-state index contributed by atoms with van der Waals surface area (Å²) in [7, 11) is 0. The van der Waals surface area contributed by atoms with E-state index in [0.717, 1.165) is 17.9 Å². The van der Waals surface area contributed by atoms with Gasteiger partial charge in [-0.05, 0) is 47.1 Å². The van der Waals surface area contributed by atoms with Crippen molar-refractivity contribution in [1.29, 1.82) is 0 Å². The second kappa shape index (κ2) is 8.93. The lowest BCUT2D eigenvalue weighted by Gasteiger charge is -2.09. The van der Waals surface area contributed by atoms with Crippen LogP contribution >= 0.6 is 11.8 Å². The van der Waals surface area contributed by atoms with Crippen molar-refractivity contribution in [2.24, 2.45) is 10.7 Å². The Balaban J connectivity index is 1.93. The fraction of sp³-hybridized carbons (Fsp3) is 0.381. The molecule has 3 heteroatoms. The highest BCUT2D eigenvalue weighted by Crippen LogP contribution is 2.23. The van der Waals surface area contributed by atoms with Gasteiger partial charge in [0.1, 0.15) is 0 Å². The minimum absolute atomic E-state index is 0.566. The van der Waals surface area contributed by atoms with E-state index in [2.05, 4.69) is 69.1 Å². The van der Waals surface area contributed by atoms with E-state index in [1.165, 1.54) is 16.7 Å². The quantitative estimate of drug-likeness (QED) is 0.502. The van der Waals surface area contributed by atoms with E-state index in [-0.39, 0.29) is 0 Å². The third-order valence-electron chi connectivity index (χ3n) is 4.35. The molecule has 0 fully saturated rings. The van der Waals surface area contributed by atoms with Crippen LogP contribution in [-0.2, 0) is 5.75 Å². The average Bonchev–Trinajstić information content (AvgIpc) is 2.60. The summed E-state index contributed by atoms with van der Waals surface area (Å²) in [5.41, 5.74) is 11.0. The molecule has 2 aromatic rings. The molecule has 0 aromatic heterocycles. The number of rotatable bonds is 6. The monoisotopic (exact) mass is 340 g/mol. The molecule has 0 spiro atoms. The minimum Gasteiger partial charge on any atom is -0.378 e. The van der Waals surface area contributed by atoms with Crippen molar-refractivity contribution in [2.45, 2.75) is 51.7 Å². The van der Waals surface area contributed by atoms with Crippen LogP contribution in [0.2, 0.25) is 0 Å². The highest BCUT2D eigenvalue weighted by atomic mass is 32.2. The fourth-order valence-corrected chi connectivity index (χ4v) is 3.11. The van der Waals surface area contributed by atoms with Gasteiger partial charge in [-0.25, -0.2) is 4.99 Å². The maximum absolute atomic E-state index is 6.07. The zero-order chi connectivity index (χ0) is 17.5. The molecule has 0 radical (unpaired) electrons. The molecule has 0 heterocycles. The molecule has 0 saturated heterocycles. The van der Waals surface area contributed by atoms with Crippen LogP contribution in [0.5, 0.6) is 0 Å². The van der Waals surface area contributed by atoms with Gasteiger partial charge in [0.25, 0.3) is 0 Å². The van der Waals surface area contributed by atoms with Crippen molar-refractivity contribution in [1.82, 2.24) is 0 Å². The van der Waals surface area contributed by atoms with Gasteiger partial charge in [0.15, 0.2) is 5.17 Å². The van der Waals surface area contributed by atoms with E-state index >= 15 is 0 Å². The predicted molar refractivity (Wildman–Crippen MR) is 108 cm³/mol. The van der Waals surface area contributed by atoms with Crippen LogP contribution in [0.15, 0.2) is 53.5 Å². The number of hydrogen-bond donors (Lipinski definition) is 1. The van der Waals surface area contributed by atoms with Crippen molar-refractivity contribution < 1.29 is 0 Å². The van der Waals surface area contributed by atoms with Crippen molar-refractivity contribution >= 4 is 22.6 Å². The second-order valence-corrected chi connectivity index (χ2v) is 7.53. The lowest BCUT2D eigenvalue weighted by atomic mass is 9.99. The van der Waals surface area contributed by atoms with Crippen LogP contribution in [0.3, 0.4) is 0 Å². The number of amidine groups is 1. The van der Waals surface area contributed by atoms with Crippen LogP contribution in [0.1, 0.15) is 62.6 Å². The Kier molecular flexibility index (Phi) is 6.92. The van der Waals surface area contributed by atoms with Crippen molar-refractivity contribution in [3.05, 3.63) is 65.2 Å². The zero-order valence-corrected chi connectivity index (χ0v) is 15.9. The molecular weight excluding hydrogens is 312 g/mol. The van der Waals surface area contributed by atoms with E-state index in [9.17, 15) is 0 Å². The number of hydrogen-bond acceptors (Lipinski definition) is 2. The summed E-state index contributed by atoms with van der Waals surface area (Å²) in [5, 5.41) is 0.610. The lowest BCUT2D eigenvalue weighted by molar-refractivity contribution is 0.734. The molecule has 2 rings (SSSR count). The van der Waals surface area contributed by atoms with Gasteiger partial charge in [-0.2, -0.15) is 0 Å². The van der Waals surface area contributed by atoms with Crippen LogP contribution in [0.4, 0.5) is 5.69 Å². The molecule has 1 atom stereocenters. The zero-order valence-electron chi connectivity index (χ0n) is 15.1. The van der Waals surface area contributed by atoms with Gasteiger partial charge in [0.05, 0.1) is 5.69 Å². The summed E-state index contributed by atoms with van der Waals surface area (Å²) in [6.45, 7) is 8.87. The molecule has 0 amide bonds. The average molecular weight is 341 g/mol. The first-order valence-corrected chi connectivity index (χ1v) is 9.64. The third kappa shape index (κ3) is 5.41. The van der Waals surface area contributed by atoms with Gasteiger partial charge >= 0.3 is 0 Å². The number of aliphatic imine (C=N–C) groups is 1. The molecule has 2 aromatic carbocycles. The molecule has 0 saturated carbocycles. The maximum atomic E-state index is 6.07. The SMILES string of the molecule is CC[C@H](C)c1ccc(N=C(N)SCc2ccc(C(C)C)cc2)cc1. The highest BCUT2D eigenvalue weighted by molar-refractivity contribution is 8.13. The van der Waals surface area contributed by atoms with Gasteiger partial charge in [-0.3, -0.25) is 0 Å². The molecule has 2 nitrogen and oxygen atoms in total. The fourth-order valence-electron chi connectivity index (χ4n) is 2.43. The largest absolute Gasteiger partial charge is 0.378 e. The molecule has 0 unspecified atom stereocenters. The molecule has 0 aliphatic carbocycles. The van der Waals surface area contributed by atoms with Crippen LogP contribution in [0, 0.1) is 0 Å². The summed E-state index contributed by atoms with van der Waals surface area (Å²) in [5.74, 6) is 2.00. The topological polar surface area (TPSA) is 38.4 Å². The van der Waals surface area contributed by atoms with Crippen LogP contribution in [0.25, 0.3) is 0 Å². The molecule has 24 heavy (non-hydrogen) atoms. The van der Waals surface area contributed by atoms with Crippen LogP contribution in [-0.4, -0.2) is 5.17 Å². The smallest absolute Gasteiger partial charge is 0.159 e. The van der Waals surface area contributed by atoms with Gasteiger partial charge in [0.2, 0.25) is 0 Å². The summed E-state index contributed by atoms with van der Waals surface area (Å²) >= 11 is 1.58. The highest BCUT2D eigenvalue weighted by Gasteiger charge is 2.03. The molecule has 0 bridgehead atoms. The summed E-state index contributed by atoms with van der Waals surface area (Å²) in [6, 6.07) is 17.1. The molecule has 0 aliphatic rings. The molecule has 128 valence electrons. The Hall–Kier alpha value is -1.74. The Bertz CT molecular complexity index is 657. The first-order valence-electron chi connectivity index (χ1n) is 8.65. The first-order chi connectivity index (χ1) is 11.5. The van der Waals surface area contributed by atoms with E-state index in [1.807, 2.05) is 12.1 Å². The summed E-state index contributed by atoms with van der Waals surface area (Å²) in [6.07, 6.45) is 1.15. The number of benzene rings is 2. The van der Waals surface area contributed by atoms with Crippen molar-refractivity contribution in [3.8, 4) is 0 Å². The lowest BCUT2D eigenvalue weighted by Crippen LogP contribution is -2.06. The number of nitrogens with two attached hydrogens (primary N) is 1. The van der Waals surface area contributed by atoms with Gasteiger partial charge in [0, 0.05) is 5.75 Å². The van der Waals surface area contributed by atoms with Crippen molar-refractivity contribution in [3.63, 3.8) is 0 Å². The predicted octanol–water partition coefficient (Wildman–Crippen LogP) is 6.20. The Morgan fingerprint density at radius 1 is 0.958 bits per heavy atom. The summed E-state index contributed by atoms with van der Waals surface area (Å²) < 4.78 is 0. The molecule has 2 N–H and O–H groups in total. The van der Waals surface area contributed by atoms with E-state index in [1.54, 1.807) is 11.8 Å². The normalized spacial score (nSPS) is 13.3. The van der Waals surface area contributed by atoms with E-state index in [4.69, 9.17) is 5.73 Å². The molecular formula is C21H28N2S. The van der Waals surface area contributed by atoms with Gasteiger partial charge < -0.3 is 5.73 Å². The number of thioether (sulfide) groups is 1. The first kappa shape index (κ1) is 18.6. The second-order valence-electron chi connectivity index (χ2n) is 6.54. The van der Waals surface area contributed by atoms with E-state index < -0.39 is 0 Å². The standard InChI is InChI=1S/C21H28N2S/c1-5-16(4)19-10-12-20(13-11-19)23-21(22)24-14-17-6-8-18(9-7-17)15(2)3/h6-13,15-16H,5,14H2,1-4H3,(H2,22,23)/t16-/m0/s1. The minimum atomic E-state index is 0.566. The van der Waals surface area contributed by atoms with E-state index in [0.29, 0.717) is 17.0 Å². The Morgan fingerprint density at radius 2 is 1.54 bits per heavy atom. The van der Waals surface area contributed by atoms with Gasteiger partial charge in [-0.1, -0.05) is 75.9 Å². The third-order valence-corrected chi connectivity index (χ3v) is 5.21. The maximum Gasteiger partial charge on any atom is 0.159 e. The molecule has 0 aliphatic heterocycles. The Morgan fingerprint density at radius 3 is 2.08 bits per heavy atom. The summed E-state index contributed by atoms with van der Waals surface area (Å²) in [4.78, 5) is 4.50. The number of nitrogens with zero attached hydrogens (tertiary/aromatic N) is 1. The van der Waals surface area contributed by atoms with Gasteiger partial charge in [-0.15, -0.1) is 0 Å². The Labute approximate surface area is 150 Å². The van der Waals surface area contributed by atoms with Crippen LogP contribution < -0.4 is 5.73 Å². The van der Waals surface area contributed by atoms with Crippen molar-refractivity contribution in [2.75, 3.05) is 0 Å².